The van der Waals surface area contributed by atoms with Gasteiger partial charge in [-0.05, 0) is 49.3 Å². The van der Waals surface area contributed by atoms with Gasteiger partial charge >= 0.3 is 5.97 Å². The Morgan fingerprint density at radius 1 is 1.22 bits per heavy atom. The molecule has 0 aromatic heterocycles. The summed E-state index contributed by atoms with van der Waals surface area (Å²) in [6, 6.07) is 5.33. The second kappa shape index (κ2) is 6.57. The van der Waals surface area contributed by atoms with Crippen molar-refractivity contribution < 1.29 is 19.3 Å². The molecule has 7 nitrogen and oxygen atoms in total. The number of fused-ring (bicyclic) bond motifs is 1. The number of oxime groups is 1. The first-order valence-corrected chi connectivity index (χ1v) is 8.90. The van der Waals surface area contributed by atoms with E-state index >= 15 is 0 Å². The molecule has 1 saturated carbocycles. The van der Waals surface area contributed by atoms with Crippen LogP contribution in [0.4, 0.5) is 5.69 Å². The second-order valence-corrected chi connectivity index (χ2v) is 7.23. The first kappa shape index (κ1) is 17.3. The molecule has 27 heavy (non-hydrogen) atoms. The predicted molar refractivity (Wildman–Crippen MR) is 97.0 cm³/mol. The summed E-state index contributed by atoms with van der Waals surface area (Å²) in [6.07, 6.45) is 7.81. The van der Waals surface area contributed by atoms with Crippen molar-refractivity contribution in [1.82, 2.24) is 0 Å². The van der Waals surface area contributed by atoms with Gasteiger partial charge in [-0.1, -0.05) is 23.4 Å². The quantitative estimate of drug-likeness (QED) is 0.353. The zero-order valence-electron chi connectivity index (χ0n) is 14.7. The number of nitro benzene ring substituents is 1. The van der Waals surface area contributed by atoms with Gasteiger partial charge in [0, 0.05) is 24.0 Å². The third kappa shape index (κ3) is 2.99. The van der Waals surface area contributed by atoms with E-state index in [1.54, 1.807) is 13.0 Å². The minimum Gasteiger partial charge on any atom is -0.313 e. The molecule has 0 unspecified atom stereocenters. The van der Waals surface area contributed by atoms with Crippen molar-refractivity contribution >= 4 is 23.2 Å². The first-order valence-electron chi connectivity index (χ1n) is 8.90. The molecule has 0 amide bonds. The van der Waals surface area contributed by atoms with Crippen LogP contribution in [0.25, 0.3) is 0 Å². The number of hydrogen-bond acceptors (Lipinski definition) is 6. The largest absolute Gasteiger partial charge is 0.365 e. The molecule has 1 aromatic rings. The van der Waals surface area contributed by atoms with Crippen molar-refractivity contribution in [1.29, 1.82) is 0 Å². The lowest BCUT2D eigenvalue weighted by Crippen LogP contribution is -2.47. The Labute approximate surface area is 155 Å². The minimum absolute atomic E-state index is 0.0590. The van der Waals surface area contributed by atoms with Gasteiger partial charge in [-0.25, -0.2) is 4.79 Å². The minimum atomic E-state index is -0.760. The third-order valence-electron chi connectivity index (χ3n) is 5.67. The number of ketones is 1. The lowest BCUT2D eigenvalue weighted by molar-refractivity contribution is -0.384. The topological polar surface area (TPSA) is 98.9 Å². The molecular weight excluding hydrogens is 348 g/mol. The van der Waals surface area contributed by atoms with E-state index in [0.717, 1.165) is 18.9 Å². The van der Waals surface area contributed by atoms with Crippen LogP contribution in [-0.4, -0.2) is 22.4 Å². The maximum absolute atomic E-state index is 12.5. The van der Waals surface area contributed by atoms with E-state index in [1.807, 2.05) is 0 Å². The van der Waals surface area contributed by atoms with Gasteiger partial charge in [-0.3, -0.25) is 14.9 Å². The van der Waals surface area contributed by atoms with Gasteiger partial charge in [-0.2, -0.15) is 0 Å². The fourth-order valence-electron chi connectivity index (χ4n) is 4.42. The average Bonchev–Trinajstić information content (AvgIpc) is 2.68. The highest BCUT2D eigenvalue weighted by Gasteiger charge is 2.48. The molecule has 138 valence electrons. The van der Waals surface area contributed by atoms with Crippen LogP contribution in [0, 0.1) is 33.8 Å². The number of allylic oxidation sites excluding steroid dienone is 4. The number of carbonyl (C=O) groups is 2. The molecule has 1 fully saturated rings. The van der Waals surface area contributed by atoms with Gasteiger partial charge < -0.3 is 4.84 Å². The van der Waals surface area contributed by atoms with Gasteiger partial charge in [0.2, 0.25) is 0 Å². The Morgan fingerprint density at radius 3 is 2.59 bits per heavy atom. The molecule has 0 spiro atoms. The van der Waals surface area contributed by atoms with E-state index in [9.17, 15) is 19.7 Å². The fourth-order valence-corrected chi connectivity index (χ4v) is 4.42. The van der Waals surface area contributed by atoms with Crippen LogP contribution in [0.2, 0.25) is 0 Å². The van der Waals surface area contributed by atoms with Crippen LogP contribution in [0.5, 0.6) is 0 Å². The Morgan fingerprint density at radius 2 is 1.93 bits per heavy atom. The summed E-state index contributed by atoms with van der Waals surface area (Å²) < 4.78 is 0. The second-order valence-electron chi connectivity index (χ2n) is 7.23. The summed E-state index contributed by atoms with van der Waals surface area (Å²) in [4.78, 5) is 40.2. The number of non-ortho nitro benzene ring substituents is 1. The van der Waals surface area contributed by atoms with Gasteiger partial charge in [-0.15, -0.1) is 0 Å². The van der Waals surface area contributed by atoms with Crippen LogP contribution in [-0.2, 0) is 9.63 Å². The van der Waals surface area contributed by atoms with E-state index in [0.29, 0.717) is 11.3 Å². The van der Waals surface area contributed by atoms with Gasteiger partial charge in [0.15, 0.2) is 5.78 Å². The molecule has 2 bridgehead atoms. The molecule has 0 heterocycles. The van der Waals surface area contributed by atoms with Gasteiger partial charge in [0.05, 0.1) is 16.2 Å². The molecule has 4 aliphatic rings. The normalized spacial score (nSPS) is 30.0. The van der Waals surface area contributed by atoms with E-state index in [1.165, 1.54) is 18.2 Å². The van der Waals surface area contributed by atoms with E-state index in [2.05, 4.69) is 17.3 Å². The summed E-state index contributed by atoms with van der Waals surface area (Å²) >= 11 is 0. The summed E-state index contributed by atoms with van der Waals surface area (Å²) in [5, 5.41) is 15.0. The Bertz CT molecular complexity index is 930. The van der Waals surface area contributed by atoms with Crippen molar-refractivity contribution in [2.24, 2.45) is 28.8 Å². The Hall–Kier alpha value is -3.09. The summed E-state index contributed by atoms with van der Waals surface area (Å²) in [6.45, 7) is 1.79. The molecule has 0 aliphatic heterocycles. The van der Waals surface area contributed by atoms with Crippen LogP contribution in [0.3, 0.4) is 0 Å². The predicted octanol–water partition coefficient (Wildman–Crippen LogP) is 3.47. The summed E-state index contributed by atoms with van der Waals surface area (Å²) in [5.74, 6) is -0.460. The monoisotopic (exact) mass is 366 g/mol. The van der Waals surface area contributed by atoms with Crippen molar-refractivity contribution in [3.63, 3.8) is 0 Å². The van der Waals surface area contributed by atoms with Crippen LogP contribution < -0.4 is 0 Å². The zero-order valence-corrected chi connectivity index (χ0v) is 14.7. The van der Waals surface area contributed by atoms with Gasteiger partial charge in [0.1, 0.15) is 0 Å². The molecule has 4 aliphatic carbocycles. The standard InChI is InChI=1S/C20H18N2O5/c1-11-9-16(23)17-12-5-7-13(8-6-12)18(17)19(11)21-27-20(24)14-3-2-4-15(10-14)22(25)26/h2-5,7,9-10,12-13,17-18H,6,8H2,1H3/b21-19+/t12-,13-,17+,18+/m0/s1. The first-order chi connectivity index (χ1) is 13.0. The molecule has 0 saturated heterocycles. The lowest BCUT2D eigenvalue weighted by atomic mass is 9.57. The van der Waals surface area contributed by atoms with Crippen molar-refractivity contribution in [3.8, 4) is 0 Å². The Kier molecular flexibility index (Phi) is 4.22. The Balaban J connectivity index is 1.61. The van der Waals surface area contributed by atoms with E-state index in [-0.39, 0.29) is 40.7 Å². The van der Waals surface area contributed by atoms with E-state index in [4.69, 9.17) is 4.84 Å². The SMILES string of the molecule is CC1=CC(=O)[C@@H]2[C@H](/C1=N/OC(=O)c1cccc([N+](=O)[O-])c1)[C@H]1C=C[C@H]2CC1. The maximum Gasteiger partial charge on any atom is 0.365 e. The van der Waals surface area contributed by atoms with Crippen molar-refractivity contribution in [2.75, 3.05) is 0 Å². The third-order valence-corrected chi connectivity index (χ3v) is 5.67. The van der Waals surface area contributed by atoms with E-state index < -0.39 is 10.9 Å². The lowest BCUT2D eigenvalue weighted by Gasteiger charge is -2.46. The zero-order chi connectivity index (χ0) is 19.1. The molecule has 7 heteroatoms. The number of hydrogen-bond donors (Lipinski definition) is 0. The highest BCUT2D eigenvalue weighted by Crippen LogP contribution is 2.48. The van der Waals surface area contributed by atoms with Crippen molar-refractivity contribution in [3.05, 3.63) is 63.7 Å². The number of nitrogens with zero attached hydrogens (tertiary/aromatic N) is 2. The molecule has 5 rings (SSSR count). The molecular formula is C20H18N2O5. The molecule has 1 aromatic carbocycles. The summed E-state index contributed by atoms with van der Waals surface area (Å²) in [7, 11) is 0. The highest BCUT2D eigenvalue weighted by atomic mass is 16.7. The molecule has 0 radical (unpaired) electrons. The molecule has 4 atom stereocenters. The van der Waals surface area contributed by atoms with Crippen LogP contribution >= 0.6 is 0 Å². The van der Waals surface area contributed by atoms with Crippen LogP contribution in [0.15, 0.2) is 53.2 Å². The molecule has 0 N–H and O–H groups in total. The van der Waals surface area contributed by atoms with Crippen LogP contribution in [0.1, 0.15) is 30.1 Å². The number of nitro groups is 1. The summed E-state index contributed by atoms with van der Waals surface area (Å²) in [5.41, 5.74) is 1.20. The number of benzene rings is 1. The number of rotatable bonds is 3. The average molecular weight is 366 g/mol. The fraction of sp³-hybridized carbons (Fsp3) is 0.350. The van der Waals surface area contributed by atoms with Crippen molar-refractivity contribution in [2.45, 2.75) is 19.8 Å². The number of carbonyl (C=O) groups excluding carboxylic acids is 2. The maximum atomic E-state index is 12.5. The highest BCUT2D eigenvalue weighted by molar-refractivity contribution is 6.13. The smallest absolute Gasteiger partial charge is 0.313 e. The van der Waals surface area contributed by atoms with Gasteiger partial charge in [0.25, 0.3) is 5.69 Å².